The number of halogens is 1. The first-order valence-corrected chi connectivity index (χ1v) is 10.8. The lowest BCUT2D eigenvalue weighted by Crippen LogP contribution is -2.47. The molecule has 2 N–H and O–H groups in total. The zero-order valence-electron chi connectivity index (χ0n) is 14.2. The van der Waals surface area contributed by atoms with Crippen molar-refractivity contribution in [2.45, 2.75) is 23.8 Å². The number of thioether (sulfide) groups is 1. The molecule has 142 valence electrons. The minimum atomic E-state index is -3.52. The van der Waals surface area contributed by atoms with E-state index >= 15 is 0 Å². The van der Waals surface area contributed by atoms with Gasteiger partial charge in [0.2, 0.25) is 10.0 Å². The molecule has 7 nitrogen and oxygen atoms in total. The highest BCUT2D eigenvalue weighted by Gasteiger charge is 2.29. The number of likely N-dealkylation sites (N-methyl/N-ethyl adjacent to an activating group) is 1. The maximum Gasteiger partial charge on any atom is 0.270 e. The van der Waals surface area contributed by atoms with Crippen molar-refractivity contribution in [3.63, 3.8) is 0 Å². The van der Waals surface area contributed by atoms with E-state index in [-0.39, 0.29) is 23.2 Å². The third-order valence-corrected chi connectivity index (χ3v) is 7.43. The Hall–Kier alpha value is -0.740. The van der Waals surface area contributed by atoms with Crippen LogP contribution in [0.2, 0.25) is 0 Å². The molecule has 2 aliphatic heterocycles. The van der Waals surface area contributed by atoms with Crippen LogP contribution in [0.4, 0.5) is 0 Å². The van der Waals surface area contributed by atoms with Crippen molar-refractivity contribution in [3.8, 4) is 0 Å². The van der Waals surface area contributed by atoms with Gasteiger partial charge in [-0.25, -0.2) is 8.42 Å². The topological polar surface area (TPSA) is 85.5 Å². The molecule has 1 unspecified atom stereocenters. The molecule has 1 atom stereocenters. The van der Waals surface area contributed by atoms with E-state index in [1.54, 1.807) is 16.7 Å². The first-order chi connectivity index (χ1) is 11.5. The average molecular weight is 409 g/mol. The number of nitrogens with one attached hydrogen (secondary N) is 2. The fraction of sp³-hybridized carbons (Fsp3) is 0.667. The molecule has 2 aliphatic rings. The van der Waals surface area contributed by atoms with Gasteiger partial charge in [0.1, 0.15) is 10.6 Å². The van der Waals surface area contributed by atoms with Gasteiger partial charge in [0, 0.05) is 49.9 Å². The van der Waals surface area contributed by atoms with Gasteiger partial charge in [0.25, 0.3) is 5.91 Å². The molecule has 0 aromatic carbocycles. The highest BCUT2D eigenvalue weighted by atomic mass is 35.5. The van der Waals surface area contributed by atoms with Crippen LogP contribution in [0.1, 0.15) is 23.3 Å². The van der Waals surface area contributed by atoms with Crippen LogP contribution in [0, 0.1) is 0 Å². The average Bonchev–Trinajstić information content (AvgIpc) is 3.13. The van der Waals surface area contributed by atoms with E-state index in [4.69, 9.17) is 0 Å². The molecular weight excluding hydrogens is 384 g/mol. The van der Waals surface area contributed by atoms with E-state index in [9.17, 15) is 13.2 Å². The van der Waals surface area contributed by atoms with Gasteiger partial charge in [-0.1, -0.05) is 0 Å². The summed E-state index contributed by atoms with van der Waals surface area (Å²) in [6.07, 6.45) is 3.44. The van der Waals surface area contributed by atoms with E-state index in [2.05, 4.69) is 10.3 Å². The lowest BCUT2D eigenvalue weighted by atomic mass is 10.1. The van der Waals surface area contributed by atoms with Gasteiger partial charge in [-0.2, -0.15) is 16.1 Å². The van der Waals surface area contributed by atoms with Crippen LogP contribution in [0.3, 0.4) is 0 Å². The monoisotopic (exact) mass is 408 g/mol. The van der Waals surface area contributed by atoms with Crippen LogP contribution in [0.25, 0.3) is 0 Å². The molecule has 2 fully saturated rings. The minimum Gasteiger partial charge on any atom is -0.356 e. The quantitative estimate of drug-likeness (QED) is 0.776. The smallest absolute Gasteiger partial charge is 0.270 e. The Morgan fingerprint density at radius 2 is 2.04 bits per heavy atom. The molecule has 3 heterocycles. The first kappa shape index (κ1) is 20.6. The predicted molar refractivity (Wildman–Crippen MR) is 102 cm³/mol. The van der Waals surface area contributed by atoms with Gasteiger partial charge in [-0.3, -0.25) is 4.79 Å². The highest BCUT2D eigenvalue weighted by Crippen LogP contribution is 2.22. The number of amides is 1. The molecule has 0 aliphatic carbocycles. The third kappa shape index (κ3) is 4.51. The summed E-state index contributed by atoms with van der Waals surface area (Å²) in [6.45, 7) is 2.41. The number of piperidine rings is 1. The standard InChI is InChI=1S/C15H24N4O3S2.ClH/c1-16-12-3-2-4-18(11-12)15(20)14-9-13(10-17-14)24(21,22)19-5-7-23-8-6-19;/h9-10,12,16-17H,2-8,11H2,1H3;1H. The molecule has 0 saturated carbocycles. The van der Waals surface area contributed by atoms with Crippen LogP contribution in [-0.4, -0.2) is 79.3 Å². The molecule has 10 heteroatoms. The molecule has 0 spiro atoms. The molecule has 1 aromatic rings. The highest BCUT2D eigenvalue weighted by molar-refractivity contribution is 7.99. The van der Waals surface area contributed by atoms with Crippen molar-refractivity contribution < 1.29 is 13.2 Å². The zero-order valence-corrected chi connectivity index (χ0v) is 16.7. The summed E-state index contributed by atoms with van der Waals surface area (Å²) in [6, 6.07) is 1.77. The lowest BCUT2D eigenvalue weighted by Gasteiger charge is -2.32. The summed E-state index contributed by atoms with van der Waals surface area (Å²) < 4.78 is 26.8. The number of hydrogen-bond acceptors (Lipinski definition) is 5. The number of sulfonamides is 1. The molecule has 1 aromatic heterocycles. The summed E-state index contributed by atoms with van der Waals surface area (Å²) in [4.78, 5) is 17.5. The maximum atomic E-state index is 12.7. The zero-order chi connectivity index (χ0) is 17.2. The third-order valence-electron chi connectivity index (χ3n) is 4.61. The predicted octanol–water partition coefficient (Wildman–Crippen LogP) is 0.998. The number of aromatic nitrogens is 1. The molecule has 2 saturated heterocycles. The summed E-state index contributed by atoms with van der Waals surface area (Å²) in [7, 11) is -1.62. The second-order valence-electron chi connectivity index (χ2n) is 6.14. The molecule has 0 radical (unpaired) electrons. The van der Waals surface area contributed by atoms with Crippen molar-refractivity contribution in [2.24, 2.45) is 0 Å². The Morgan fingerprint density at radius 1 is 1.32 bits per heavy atom. The van der Waals surface area contributed by atoms with Gasteiger partial charge < -0.3 is 15.2 Å². The number of carbonyl (C=O) groups excluding carboxylic acids is 1. The first-order valence-electron chi connectivity index (χ1n) is 8.25. The second-order valence-corrected chi connectivity index (χ2v) is 9.31. The Balaban J connectivity index is 0.00000225. The SMILES string of the molecule is CNC1CCCN(C(=O)c2cc(S(=O)(=O)N3CCSCC3)c[nH]2)C1.Cl. The van der Waals surface area contributed by atoms with Crippen molar-refractivity contribution in [1.82, 2.24) is 19.5 Å². The van der Waals surface area contributed by atoms with E-state index in [1.807, 2.05) is 7.05 Å². The molecule has 1 amide bonds. The fourth-order valence-electron chi connectivity index (χ4n) is 3.15. The van der Waals surface area contributed by atoms with Crippen LogP contribution < -0.4 is 5.32 Å². The normalized spacial score (nSPS) is 22.4. The summed E-state index contributed by atoms with van der Waals surface area (Å²) >= 11 is 1.76. The van der Waals surface area contributed by atoms with E-state index in [0.29, 0.717) is 37.9 Å². The molecular formula is C15H25ClN4O3S2. The van der Waals surface area contributed by atoms with Gasteiger partial charge in [-0.15, -0.1) is 12.4 Å². The number of likely N-dealkylation sites (tertiary alicyclic amines) is 1. The summed E-state index contributed by atoms with van der Waals surface area (Å²) in [5.74, 6) is 1.49. The fourth-order valence-corrected chi connectivity index (χ4v) is 5.72. The number of nitrogens with zero attached hydrogens (tertiary/aromatic N) is 2. The molecule has 25 heavy (non-hydrogen) atoms. The second kappa shape index (κ2) is 8.77. The van der Waals surface area contributed by atoms with Gasteiger partial charge in [0.15, 0.2) is 0 Å². The van der Waals surface area contributed by atoms with Crippen LogP contribution >= 0.6 is 24.2 Å². The van der Waals surface area contributed by atoms with Crippen molar-refractivity contribution in [3.05, 3.63) is 18.0 Å². The van der Waals surface area contributed by atoms with Crippen LogP contribution in [-0.2, 0) is 10.0 Å². The molecule has 3 rings (SSSR count). The van der Waals surface area contributed by atoms with Gasteiger partial charge in [-0.05, 0) is 26.0 Å². The Labute approximate surface area is 159 Å². The number of rotatable bonds is 4. The lowest BCUT2D eigenvalue weighted by molar-refractivity contribution is 0.0693. The van der Waals surface area contributed by atoms with E-state index in [0.717, 1.165) is 24.3 Å². The summed E-state index contributed by atoms with van der Waals surface area (Å²) in [5, 5.41) is 3.20. The summed E-state index contributed by atoms with van der Waals surface area (Å²) in [5.41, 5.74) is 0.344. The largest absolute Gasteiger partial charge is 0.356 e. The maximum absolute atomic E-state index is 12.7. The van der Waals surface area contributed by atoms with Crippen LogP contribution in [0.15, 0.2) is 17.2 Å². The van der Waals surface area contributed by atoms with Gasteiger partial charge >= 0.3 is 0 Å². The van der Waals surface area contributed by atoms with Crippen molar-refractivity contribution in [1.29, 1.82) is 0 Å². The minimum absolute atomic E-state index is 0. The Bertz CT molecular complexity index is 689. The van der Waals surface area contributed by atoms with Gasteiger partial charge in [0.05, 0.1) is 0 Å². The number of carbonyl (C=O) groups is 1. The van der Waals surface area contributed by atoms with Crippen LogP contribution in [0.5, 0.6) is 0 Å². The van der Waals surface area contributed by atoms with E-state index < -0.39 is 10.0 Å². The van der Waals surface area contributed by atoms with Crippen molar-refractivity contribution in [2.75, 3.05) is 44.7 Å². The number of hydrogen-bond donors (Lipinski definition) is 2. The van der Waals surface area contributed by atoms with E-state index in [1.165, 1.54) is 16.6 Å². The Morgan fingerprint density at radius 3 is 2.72 bits per heavy atom. The molecule has 0 bridgehead atoms. The number of H-pyrrole nitrogens is 1. The Kier molecular flexibility index (Phi) is 7.21. The van der Waals surface area contributed by atoms with Crippen molar-refractivity contribution >= 4 is 40.1 Å². The number of aromatic amines is 1.